The van der Waals surface area contributed by atoms with Crippen LogP contribution in [0, 0.1) is 5.41 Å². The molecule has 2 aromatic heterocycles. The van der Waals surface area contributed by atoms with Crippen LogP contribution in [-0.4, -0.2) is 44.3 Å². The molecular formula is C29H35N5O5. The van der Waals surface area contributed by atoms with Crippen molar-refractivity contribution in [3.63, 3.8) is 0 Å². The van der Waals surface area contributed by atoms with Crippen molar-refractivity contribution < 1.29 is 24.3 Å². The second-order valence-corrected chi connectivity index (χ2v) is 10.5. The normalized spacial score (nSPS) is 11.6. The van der Waals surface area contributed by atoms with E-state index in [2.05, 4.69) is 16.8 Å². The van der Waals surface area contributed by atoms with Crippen LogP contribution in [-0.2, 0) is 29.0 Å². The highest BCUT2D eigenvalue weighted by Crippen LogP contribution is 2.27. The molecule has 0 atom stereocenters. The van der Waals surface area contributed by atoms with Crippen molar-refractivity contribution in [2.75, 3.05) is 7.11 Å². The van der Waals surface area contributed by atoms with E-state index >= 15 is 0 Å². The molecule has 0 unspecified atom stereocenters. The van der Waals surface area contributed by atoms with Gasteiger partial charge in [0.2, 0.25) is 0 Å². The number of carbonyl (C=O) groups is 2. The average Bonchev–Trinajstić information content (AvgIpc) is 3.26. The summed E-state index contributed by atoms with van der Waals surface area (Å²) < 4.78 is 13.0. The number of alkyl carbamates (subject to hydrolysis) is 1. The number of hydrogen-bond donors (Lipinski definition) is 3. The Balaban J connectivity index is 1.72. The summed E-state index contributed by atoms with van der Waals surface area (Å²) in [5, 5.41) is 22.8. The Morgan fingerprint density at radius 2 is 1.79 bits per heavy atom. The second-order valence-electron chi connectivity index (χ2n) is 10.5. The first-order valence-corrected chi connectivity index (χ1v) is 13.0. The highest BCUT2D eigenvalue weighted by Gasteiger charge is 2.20. The van der Waals surface area contributed by atoms with Crippen LogP contribution in [0.4, 0.5) is 4.79 Å². The number of imidazole rings is 1. The molecule has 2 heterocycles. The summed E-state index contributed by atoms with van der Waals surface area (Å²) in [7, 11) is 1.30. The van der Waals surface area contributed by atoms with E-state index in [1.165, 1.54) is 13.2 Å². The number of pyridine rings is 1. The summed E-state index contributed by atoms with van der Waals surface area (Å²) in [6, 6.07) is 12.8. The fraction of sp³-hybridized carbons (Fsp3) is 0.379. The van der Waals surface area contributed by atoms with Crippen molar-refractivity contribution in [3.8, 4) is 0 Å². The number of aryl methyl sites for hydroxylation is 1. The number of hydrogen-bond acceptors (Lipinski definition) is 7. The Morgan fingerprint density at radius 3 is 2.44 bits per heavy atom. The largest absolute Gasteiger partial charge is 0.465 e. The molecule has 0 fully saturated rings. The van der Waals surface area contributed by atoms with E-state index in [9.17, 15) is 14.8 Å². The van der Waals surface area contributed by atoms with Gasteiger partial charge in [0.05, 0.1) is 23.7 Å². The lowest BCUT2D eigenvalue weighted by atomic mass is 10.1. The monoisotopic (exact) mass is 533 g/mol. The van der Waals surface area contributed by atoms with Crippen LogP contribution in [0.15, 0.2) is 42.5 Å². The van der Waals surface area contributed by atoms with Crippen LogP contribution < -0.4 is 10.8 Å². The Labute approximate surface area is 226 Å². The van der Waals surface area contributed by atoms with Gasteiger partial charge in [-0.1, -0.05) is 37.6 Å². The standard InChI is InChI=1S/C29H35N5O5/c1-6-7-8-23-32-24-25(21-14-13-20(27(35)38-5)15-22(21)34(37)26(24)30)33(23)17-19-11-9-18(10-12-19)16-31-28(36)39-29(2,3)4/h9-15,30,37H,6-8,16-17H2,1-5H3,(H,31,36). The molecule has 2 aromatic carbocycles. The third kappa shape index (κ3) is 6.05. The maximum Gasteiger partial charge on any atom is 0.407 e. The summed E-state index contributed by atoms with van der Waals surface area (Å²) in [6.07, 6.45) is 2.16. The van der Waals surface area contributed by atoms with Gasteiger partial charge in [0.25, 0.3) is 0 Å². The zero-order chi connectivity index (χ0) is 28.3. The van der Waals surface area contributed by atoms with Gasteiger partial charge in [-0.3, -0.25) is 5.41 Å². The number of nitrogens with one attached hydrogen (secondary N) is 2. The predicted octanol–water partition coefficient (Wildman–Crippen LogP) is 4.91. The minimum atomic E-state index is -0.559. The first kappa shape index (κ1) is 27.7. The third-order valence-corrected chi connectivity index (χ3v) is 6.34. The van der Waals surface area contributed by atoms with Crippen molar-refractivity contribution >= 4 is 34.0 Å². The van der Waals surface area contributed by atoms with Gasteiger partial charge in [0.15, 0.2) is 5.49 Å². The van der Waals surface area contributed by atoms with Gasteiger partial charge in [-0.15, -0.1) is 0 Å². The predicted molar refractivity (Wildman–Crippen MR) is 147 cm³/mol. The van der Waals surface area contributed by atoms with Gasteiger partial charge in [-0.2, -0.15) is 4.73 Å². The van der Waals surface area contributed by atoms with Crippen LogP contribution in [0.5, 0.6) is 0 Å². The fourth-order valence-electron chi connectivity index (χ4n) is 4.44. The molecule has 0 aliphatic heterocycles. The van der Waals surface area contributed by atoms with Crippen molar-refractivity contribution in [1.82, 2.24) is 19.6 Å². The number of nitrogens with zero attached hydrogens (tertiary/aromatic N) is 3. The Kier molecular flexibility index (Phi) is 7.94. The van der Waals surface area contributed by atoms with Gasteiger partial charge in [0.1, 0.15) is 16.9 Å². The summed E-state index contributed by atoms with van der Waals surface area (Å²) >= 11 is 0. The summed E-state index contributed by atoms with van der Waals surface area (Å²) in [5.41, 5.74) is 2.94. The maximum absolute atomic E-state index is 12.1. The number of amides is 1. The molecule has 0 saturated carbocycles. The molecule has 0 radical (unpaired) electrons. The van der Waals surface area contributed by atoms with E-state index in [0.717, 1.165) is 46.5 Å². The number of aromatic nitrogens is 3. The SMILES string of the molecule is CCCCc1nc2c(=N)n(O)c3cc(C(=O)OC)ccc3c2n1Cc1ccc(CNC(=O)OC(C)(C)C)cc1. The summed E-state index contributed by atoms with van der Waals surface area (Å²) in [6.45, 7) is 8.41. The Bertz CT molecular complexity index is 1580. The minimum Gasteiger partial charge on any atom is -0.465 e. The molecular weight excluding hydrogens is 498 g/mol. The van der Waals surface area contributed by atoms with Crippen molar-refractivity contribution in [1.29, 1.82) is 5.41 Å². The number of esters is 1. The number of methoxy groups -OCH3 is 1. The van der Waals surface area contributed by atoms with Gasteiger partial charge >= 0.3 is 12.1 Å². The lowest BCUT2D eigenvalue weighted by Gasteiger charge is -2.19. The molecule has 4 aromatic rings. The van der Waals surface area contributed by atoms with E-state index in [4.69, 9.17) is 19.9 Å². The molecule has 0 aliphatic carbocycles. The van der Waals surface area contributed by atoms with E-state index in [-0.39, 0.29) is 11.1 Å². The molecule has 3 N–H and O–H groups in total. The van der Waals surface area contributed by atoms with Crippen LogP contribution in [0.2, 0.25) is 0 Å². The number of fused-ring (bicyclic) bond motifs is 3. The number of carbonyl (C=O) groups excluding carboxylic acids is 2. The van der Waals surface area contributed by atoms with Crippen LogP contribution in [0.3, 0.4) is 0 Å². The molecule has 206 valence electrons. The highest BCUT2D eigenvalue weighted by atomic mass is 16.6. The van der Waals surface area contributed by atoms with Crippen molar-refractivity contribution in [3.05, 3.63) is 70.5 Å². The van der Waals surface area contributed by atoms with Gasteiger partial charge in [-0.05, 0) is 56.5 Å². The first-order valence-electron chi connectivity index (χ1n) is 13.0. The van der Waals surface area contributed by atoms with E-state index in [0.29, 0.717) is 29.5 Å². The fourth-order valence-corrected chi connectivity index (χ4v) is 4.44. The topological polar surface area (TPSA) is 131 Å². The number of ether oxygens (including phenoxy) is 2. The Morgan fingerprint density at radius 1 is 1.10 bits per heavy atom. The molecule has 0 bridgehead atoms. The number of unbranched alkanes of at least 4 members (excludes halogenated alkanes) is 1. The smallest absolute Gasteiger partial charge is 0.407 e. The highest BCUT2D eigenvalue weighted by molar-refractivity contribution is 6.05. The first-order chi connectivity index (χ1) is 18.5. The zero-order valence-corrected chi connectivity index (χ0v) is 23.0. The van der Waals surface area contributed by atoms with Crippen molar-refractivity contribution in [2.24, 2.45) is 0 Å². The van der Waals surface area contributed by atoms with E-state index in [1.54, 1.807) is 12.1 Å². The average molecular weight is 534 g/mol. The minimum absolute atomic E-state index is 0.153. The molecule has 0 spiro atoms. The molecule has 1 amide bonds. The lowest BCUT2D eigenvalue weighted by Crippen LogP contribution is -2.32. The van der Waals surface area contributed by atoms with Crippen LogP contribution in [0.1, 0.15) is 67.8 Å². The Hall–Kier alpha value is -4.34. The van der Waals surface area contributed by atoms with Crippen molar-refractivity contribution in [2.45, 2.75) is 65.6 Å². The maximum atomic E-state index is 12.1. The third-order valence-electron chi connectivity index (χ3n) is 6.34. The van der Waals surface area contributed by atoms with Gasteiger partial charge in [0, 0.05) is 24.9 Å². The number of rotatable bonds is 8. The quantitative estimate of drug-likeness (QED) is 0.218. The van der Waals surface area contributed by atoms with Gasteiger partial charge in [-0.25, -0.2) is 14.6 Å². The zero-order valence-electron chi connectivity index (χ0n) is 23.0. The molecule has 10 heteroatoms. The molecule has 0 aliphatic rings. The summed E-state index contributed by atoms with van der Waals surface area (Å²) in [5.74, 6) is 0.294. The van der Waals surface area contributed by atoms with Crippen LogP contribution >= 0.6 is 0 Å². The van der Waals surface area contributed by atoms with Crippen LogP contribution in [0.25, 0.3) is 21.9 Å². The summed E-state index contributed by atoms with van der Waals surface area (Å²) in [4.78, 5) is 28.9. The van der Waals surface area contributed by atoms with Gasteiger partial charge < -0.3 is 24.6 Å². The van der Waals surface area contributed by atoms with E-state index in [1.807, 2.05) is 45.0 Å². The number of benzene rings is 2. The van der Waals surface area contributed by atoms with E-state index < -0.39 is 17.7 Å². The molecule has 39 heavy (non-hydrogen) atoms. The molecule has 0 saturated heterocycles. The molecule has 4 rings (SSSR count). The lowest BCUT2D eigenvalue weighted by molar-refractivity contribution is 0.0522. The second kappa shape index (κ2) is 11.2. The molecule has 10 nitrogen and oxygen atoms in total.